The van der Waals surface area contributed by atoms with Gasteiger partial charge >= 0.3 is 0 Å². The summed E-state index contributed by atoms with van der Waals surface area (Å²) in [6.07, 6.45) is 4.89. The fourth-order valence-corrected chi connectivity index (χ4v) is 3.48. The molecule has 1 atom stereocenters. The van der Waals surface area contributed by atoms with E-state index in [9.17, 15) is 4.79 Å². The summed E-state index contributed by atoms with van der Waals surface area (Å²) in [6.45, 7) is 2.68. The van der Waals surface area contributed by atoms with Crippen LogP contribution < -0.4 is 9.47 Å². The Morgan fingerprint density at radius 1 is 1.25 bits per heavy atom. The van der Waals surface area contributed by atoms with Gasteiger partial charge in [-0.3, -0.25) is 9.89 Å². The Labute approximate surface area is 140 Å². The number of piperidine rings is 1. The van der Waals surface area contributed by atoms with E-state index in [4.69, 9.17) is 9.47 Å². The molecule has 2 aromatic rings. The van der Waals surface area contributed by atoms with Crippen molar-refractivity contribution in [2.24, 2.45) is 5.92 Å². The van der Waals surface area contributed by atoms with E-state index >= 15 is 0 Å². The number of H-pyrrole nitrogens is 1. The van der Waals surface area contributed by atoms with Crippen LogP contribution >= 0.6 is 0 Å². The number of amides is 1. The zero-order valence-electron chi connectivity index (χ0n) is 13.5. The van der Waals surface area contributed by atoms with Crippen molar-refractivity contribution in [3.05, 3.63) is 41.7 Å². The third-order valence-electron chi connectivity index (χ3n) is 4.66. The van der Waals surface area contributed by atoms with E-state index in [0.29, 0.717) is 36.2 Å². The van der Waals surface area contributed by atoms with Crippen molar-refractivity contribution in [3.63, 3.8) is 0 Å². The second-order valence-electron chi connectivity index (χ2n) is 6.40. The molecule has 3 heterocycles. The highest BCUT2D eigenvalue weighted by Gasteiger charge is 2.26. The number of carbonyl (C=O) groups excluding carboxylic acids is 1. The van der Waals surface area contributed by atoms with Crippen molar-refractivity contribution in [2.45, 2.75) is 19.3 Å². The van der Waals surface area contributed by atoms with Crippen molar-refractivity contribution in [2.75, 3.05) is 26.3 Å². The molecule has 1 aromatic heterocycles. The molecule has 0 bridgehead atoms. The summed E-state index contributed by atoms with van der Waals surface area (Å²) < 4.78 is 11.1. The third-order valence-corrected chi connectivity index (χ3v) is 4.66. The van der Waals surface area contributed by atoms with Gasteiger partial charge in [-0.15, -0.1) is 0 Å². The standard InChI is InChI=1S/C18H21N3O3/c22-18(14-3-4-16-17(11-14)24-9-8-23-16)21-7-1-2-13(12-21)10-15-5-6-19-20-15/h3-6,11,13H,1-2,7-10,12H2,(H,19,20)/t13-/m1/s1. The average molecular weight is 327 g/mol. The number of nitrogens with one attached hydrogen (secondary N) is 1. The van der Waals surface area contributed by atoms with Gasteiger partial charge in [0.25, 0.3) is 5.91 Å². The van der Waals surface area contributed by atoms with E-state index in [1.165, 1.54) is 0 Å². The van der Waals surface area contributed by atoms with Gasteiger partial charge in [0.1, 0.15) is 13.2 Å². The molecule has 4 rings (SSSR count). The van der Waals surface area contributed by atoms with E-state index in [2.05, 4.69) is 10.2 Å². The summed E-state index contributed by atoms with van der Waals surface area (Å²) in [5.74, 6) is 1.92. The molecule has 2 aliphatic heterocycles. The molecule has 6 nitrogen and oxygen atoms in total. The molecule has 126 valence electrons. The SMILES string of the molecule is O=C(c1ccc2c(c1)OCCO2)N1CCC[C@H](Cc2ccn[nH]2)C1. The highest BCUT2D eigenvalue weighted by Crippen LogP contribution is 2.31. The molecule has 0 unspecified atom stereocenters. The number of aromatic nitrogens is 2. The maximum absolute atomic E-state index is 12.8. The van der Waals surface area contributed by atoms with Crippen molar-refractivity contribution in [1.82, 2.24) is 15.1 Å². The lowest BCUT2D eigenvalue weighted by molar-refractivity contribution is 0.0671. The number of carbonyl (C=O) groups is 1. The topological polar surface area (TPSA) is 67.5 Å². The van der Waals surface area contributed by atoms with Gasteiger partial charge in [0.05, 0.1) is 0 Å². The average Bonchev–Trinajstić information content (AvgIpc) is 3.14. The van der Waals surface area contributed by atoms with Gasteiger partial charge in [0.2, 0.25) is 0 Å². The first kappa shape index (κ1) is 15.1. The zero-order chi connectivity index (χ0) is 16.4. The Balaban J connectivity index is 1.45. The molecular formula is C18H21N3O3. The van der Waals surface area contributed by atoms with Crippen LogP contribution in [-0.4, -0.2) is 47.3 Å². The number of benzene rings is 1. The lowest BCUT2D eigenvalue weighted by atomic mass is 9.93. The van der Waals surface area contributed by atoms with E-state index in [1.54, 1.807) is 12.3 Å². The van der Waals surface area contributed by atoms with Crippen LogP contribution in [0, 0.1) is 5.92 Å². The van der Waals surface area contributed by atoms with Crippen LogP contribution in [0.3, 0.4) is 0 Å². The Morgan fingerprint density at radius 2 is 2.12 bits per heavy atom. The summed E-state index contributed by atoms with van der Waals surface area (Å²) >= 11 is 0. The normalized spacial score (nSPS) is 20.0. The smallest absolute Gasteiger partial charge is 0.254 e. The fourth-order valence-electron chi connectivity index (χ4n) is 3.48. The van der Waals surface area contributed by atoms with Crippen LogP contribution in [0.15, 0.2) is 30.5 Å². The van der Waals surface area contributed by atoms with Gasteiger partial charge in [-0.2, -0.15) is 5.10 Å². The van der Waals surface area contributed by atoms with Crippen molar-refractivity contribution in [1.29, 1.82) is 0 Å². The van der Waals surface area contributed by atoms with Crippen LogP contribution in [-0.2, 0) is 6.42 Å². The Kier molecular flexibility index (Phi) is 4.11. The zero-order valence-corrected chi connectivity index (χ0v) is 13.5. The predicted octanol–water partition coefficient (Wildman–Crippen LogP) is 2.28. The van der Waals surface area contributed by atoms with Gasteiger partial charge in [0.15, 0.2) is 11.5 Å². The molecule has 0 saturated carbocycles. The summed E-state index contributed by atoms with van der Waals surface area (Å²) in [6, 6.07) is 7.46. The molecule has 1 aromatic carbocycles. The number of hydrogen-bond acceptors (Lipinski definition) is 4. The number of hydrogen-bond donors (Lipinski definition) is 1. The Bertz CT molecular complexity index is 714. The summed E-state index contributed by atoms with van der Waals surface area (Å²) in [4.78, 5) is 14.8. The van der Waals surface area contributed by atoms with Gasteiger partial charge < -0.3 is 14.4 Å². The van der Waals surface area contributed by atoms with Crippen LogP contribution in [0.5, 0.6) is 11.5 Å². The van der Waals surface area contributed by atoms with Crippen molar-refractivity contribution in [3.8, 4) is 11.5 Å². The highest BCUT2D eigenvalue weighted by atomic mass is 16.6. The molecule has 1 fully saturated rings. The Hall–Kier alpha value is -2.50. The molecular weight excluding hydrogens is 306 g/mol. The van der Waals surface area contributed by atoms with Crippen LogP contribution in [0.1, 0.15) is 28.9 Å². The number of nitrogens with zero attached hydrogens (tertiary/aromatic N) is 2. The summed E-state index contributed by atoms with van der Waals surface area (Å²) in [5.41, 5.74) is 1.80. The van der Waals surface area contributed by atoms with Gasteiger partial charge in [-0.05, 0) is 49.4 Å². The minimum atomic E-state index is 0.0706. The molecule has 0 aliphatic carbocycles. The maximum Gasteiger partial charge on any atom is 0.254 e. The molecule has 1 amide bonds. The van der Waals surface area contributed by atoms with Gasteiger partial charge in [-0.1, -0.05) is 0 Å². The quantitative estimate of drug-likeness (QED) is 0.939. The van der Waals surface area contributed by atoms with Gasteiger partial charge in [-0.25, -0.2) is 0 Å². The monoisotopic (exact) mass is 327 g/mol. The van der Waals surface area contributed by atoms with E-state index in [0.717, 1.165) is 38.0 Å². The number of likely N-dealkylation sites (tertiary alicyclic amines) is 1. The first-order valence-corrected chi connectivity index (χ1v) is 8.47. The second-order valence-corrected chi connectivity index (χ2v) is 6.40. The number of rotatable bonds is 3. The first-order chi connectivity index (χ1) is 11.8. The van der Waals surface area contributed by atoms with Crippen LogP contribution in [0.2, 0.25) is 0 Å². The number of ether oxygens (including phenoxy) is 2. The largest absolute Gasteiger partial charge is 0.486 e. The Morgan fingerprint density at radius 3 is 2.96 bits per heavy atom. The molecule has 0 radical (unpaired) electrons. The lowest BCUT2D eigenvalue weighted by Crippen LogP contribution is -2.40. The van der Waals surface area contributed by atoms with Crippen molar-refractivity contribution >= 4 is 5.91 Å². The first-order valence-electron chi connectivity index (χ1n) is 8.47. The third kappa shape index (κ3) is 3.09. The van der Waals surface area contributed by atoms with Crippen molar-refractivity contribution < 1.29 is 14.3 Å². The second kappa shape index (κ2) is 6.55. The molecule has 1 N–H and O–H groups in total. The van der Waals surface area contributed by atoms with Gasteiger partial charge in [0, 0.05) is 30.5 Å². The summed E-state index contributed by atoms with van der Waals surface area (Å²) in [7, 11) is 0. The minimum Gasteiger partial charge on any atom is -0.486 e. The highest BCUT2D eigenvalue weighted by molar-refractivity contribution is 5.95. The molecule has 2 aliphatic rings. The van der Waals surface area contributed by atoms with Crippen LogP contribution in [0.25, 0.3) is 0 Å². The van der Waals surface area contributed by atoms with E-state index < -0.39 is 0 Å². The molecule has 24 heavy (non-hydrogen) atoms. The van der Waals surface area contributed by atoms with E-state index in [1.807, 2.05) is 23.1 Å². The molecule has 6 heteroatoms. The lowest BCUT2D eigenvalue weighted by Gasteiger charge is -2.33. The predicted molar refractivity (Wildman–Crippen MR) is 88.4 cm³/mol. The van der Waals surface area contributed by atoms with E-state index in [-0.39, 0.29) is 5.91 Å². The van der Waals surface area contributed by atoms with Crippen LogP contribution in [0.4, 0.5) is 0 Å². The molecule has 1 saturated heterocycles. The summed E-state index contributed by atoms with van der Waals surface area (Å²) in [5, 5.41) is 7.01. The number of aromatic amines is 1. The minimum absolute atomic E-state index is 0.0706. The maximum atomic E-state index is 12.8. The molecule has 0 spiro atoms. The number of fused-ring (bicyclic) bond motifs is 1. The fraction of sp³-hybridized carbons (Fsp3) is 0.444.